The van der Waals surface area contributed by atoms with Crippen LogP contribution in [0.3, 0.4) is 0 Å². The maximum absolute atomic E-state index is 13.5. The maximum Gasteiger partial charge on any atom is 0.149 e. The van der Waals surface area contributed by atoms with E-state index >= 15 is 0 Å². The zero-order valence-corrected chi connectivity index (χ0v) is 9.69. The standard InChI is InChI=1S/C13H17F2N/c1-13(2)7-3-4-12(13)16-11-6-5-9(14)8-10(11)15/h5-6,8,12,16H,3-4,7H2,1-2H3. The Kier molecular flexibility index (Phi) is 2.87. The molecule has 16 heavy (non-hydrogen) atoms. The largest absolute Gasteiger partial charge is 0.379 e. The summed E-state index contributed by atoms with van der Waals surface area (Å²) in [4.78, 5) is 0. The molecule has 1 nitrogen and oxygen atoms in total. The number of anilines is 1. The quantitative estimate of drug-likeness (QED) is 0.803. The lowest BCUT2D eigenvalue weighted by Gasteiger charge is -2.28. The minimum atomic E-state index is -0.534. The number of halogens is 2. The van der Waals surface area contributed by atoms with Crippen molar-refractivity contribution in [2.75, 3.05) is 5.32 Å². The number of rotatable bonds is 2. The third-order valence-electron chi connectivity index (χ3n) is 3.52. The molecule has 3 heteroatoms. The van der Waals surface area contributed by atoms with E-state index in [0.717, 1.165) is 25.3 Å². The monoisotopic (exact) mass is 225 g/mol. The van der Waals surface area contributed by atoms with Crippen LogP contribution in [0.25, 0.3) is 0 Å². The summed E-state index contributed by atoms with van der Waals surface area (Å²) < 4.78 is 26.2. The Morgan fingerprint density at radius 2 is 2.06 bits per heavy atom. The van der Waals surface area contributed by atoms with Crippen molar-refractivity contribution >= 4 is 5.69 Å². The second-order valence-corrected chi connectivity index (χ2v) is 5.20. The molecule has 1 atom stereocenters. The van der Waals surface area contributed by atoms with Crippen LogP contribution in [0, 0.1) is 17.0 Å². The molecule has 0 saturated heterocycles. The average molecular weight is 225 g/mol. The molecule has 1 aliphatic carbocycles. The van der Waals surface area contributed by atoms with Crippen LogP contribution in [0.5, 0.6) is 0 Å². The highest BCUT2D eigenvalue weighted by atomic mass is 19.1. The van der Waals surface area contributed by atoms with E-state index in [4.69, 9.17) is 0 Å². The molecule has 1 saturated carbocycles. The van der Waals surface area contributed by atoms with Gasteiger partial charge in [-0.3, -0.25) is 0 Å². The first kappa shape index (κ1) is 11.4. The van der Waals surface area contributed by atoms with E-state index < -0.39 is 11.6 Å². The van der Waals surface area contributed by atoms with Gasteiger partial charge < -0.3 is 5.32 Å². The van der Waals surface area contributed by atoms with Gasteiger partial charge in [0.1, 0.15) is 11.6 Å². The summed E-state index contributed by atoms with van der Waals surface area (Å²) >= 11 is 0. The molecule has 88 valence electrons. The van der Waals surface area contributed by atoms with Crippen LogP contribution >= 0.6 is 0 Å². The van der Waals surface area contributed by atoms with Crippen molar-refractivity contribution in [1.29, 1.82) is 0 Å². The molecule has 1 aliphatic rings. The van der Waals surface area contributed by atoms with Gasteiger partial charge in [-0.25, -0.2) is 8.78 Å². The van der Waals surface area contributed by atoms with E-state index in [1.165, 1.54) is 12.1 Å². The summed E-state index contributed by atoms with van der Waals surface area (Å²) in [6.07, 6.45) is 3.35. The molecular weight excluding hydrogens is 208 g/mol. The van der Waals surface area contributed by atoms with Crippen LogP contribution in [0.4, 0.5) is 14.5 Å². The predicted octanol–water partition coefficient (Wildman–Crippen LogP) is 3.96. The first-order chi connectivity index (χ1) is 7.49. The average Bonchev–Trinajstić information content (AvgIpc) is 2.50. The molecule has 0 heterocycles. The number of nitrogens with one attached hydrogen (secondary N) is 1. The van der Waals surface area contributed by atoms with Crippen molar-refractivity contribution in [3.8, 4) is 0 Å². The van der Waals surface area contributed by atoms with E-state index in [1.807, 2.05) is 0 Å². The Hall–Kier alpha value is -1.12. The summed E-state index contributed by atoms with van der Waals surface area (Å²) in [5.74, 6) is -1.04. The van der Waals surface area contributed by atoms with Crippen molar-refractivity contribution in [2.45, 2.75) is 39.2 Å². The second kappa shape index (κ2) is 4.04. The molecule has 1 unspecified atom stereocenters. The van der Waals surface area contributed by atoms with Gasteiger partial charge in [0.05, 0.1) is 5.69 Å². The van der Waals surface area contributed by atoms with E-state index in [2.05, 4.69) is 19.2 Å². The van der Waals surface area contributed by atoms with Gasteiger partial charge in [-0.1, -0.05) is 20.3 Å². The van der Waals surface area contributed by atoms with E-state index in [9.17, 15) is 8.78 Å². The highest BCUT2D eigenvalue weighted by Crippen LogP contribution is 2.39. The minimum absolute atomic E-state index is 0.181. The highest BCUT2D eigenvalue weighted by molar-refractivity contribution is 5.46. The van der Waals surface area contributed by atoms with Gasteiger partial charge in [0.2, 0.25) is 0 Å². The van der Waals surface area contributed by atoms with Crippen molar-refractivity contribution in [3.05, 3.63) is 29.8 Å². The minimum Gasteiger partial charge on any atom is -0.379 e. The second-order valence-electron chi connectivity index (χ2n) is 5.20. The summed E-state index contributed by atoms with van der Waals surface area (Å²) in [5.41, 5.74) is 0.585. The Morgan fingerprint density at radius 3 is 2.62 bits per heavy atom. The van der Waals surface area contributed by atoms with Crippen LogP contribution in [-0.2, 0) is 0 Å². The Balaban J connectivity index is 2.15. The molecule has 1 N–H and O–H groups in total. The first-order valence-electron chi connectivity index (χ1n) is 5.71. The third kappa shape index (κ3) is 2.18. The lowest BCUT2D eigenvalue weighted by atomic mass is 9.87. The lowest BCUT2D eigenvalue weighted by Crippen LogP contribution is -2.31. The fourth-order valence-electron chi connectivity index (χ4n) is 2.39. The van der Waals surface area contributed by atoms with Crippen LogP contribution in [-0.4, -0.2) is 6.04 Å². The van der Waals surface area contributed by atoms with Crippen molar-refractivity contribution in [1.82, 2.24) is 0 Å². The highest BCUT2D eigenvalue weighted by Gasteiger charge is 2.34. The first-order valence-corrected chi connectivity index (χ1v) is 5.71. The summed E-state index contributed by atoms with van der Waals surface area (Å²) in [6, 6.07) is 3.95. The van der Waals surface area contributed by atoms with Gasteiger partial charge in [0.15, 0.2) is 0 Å². The molecule has 0 aromatic heterocycles. The molecule has 1 aromatic rings. The van der Waals surface area contributed by atoms with Gasteiger partial charge in [0, 0.05) is 12.1 Å². The topological polar surface area (TPSA) is 12.0 Å². The number of hydrogen-bond donors (Lipinski definition) is 1. The van der Waals surface area contributed by atoms with Gasteiger partial charge >= 0.3 is 0 Å². The van der Waals surface area contributed by atoms with Gasteiger partial charge in [-0.2, -0.15) is 0 Å². The Labute approximate surface area is 94.9 Å². The van der Waals surface area contributed by atoms with E-state index in [-0.39, 0.29) is 11.5 Å². The summed E-state index contributed by atoms with van der Waals surface area (Å²) in [6.45, 7) is 4.36. The summed E-state index contributed by atoms with van der Waals surface area (Å²) in [7, 11) is 0. The van der Waals surface area contributed by atoms with Crippen molar-refractivity contribution < 1.29 is 8.78 Å². The fraction of sp³-hybridized carbons (Fsp3) is 0.538. The SMILES string of the molecule is CC1(C)CCCC1Nc1ccc(F)cc1F. The van der Waals surface area contributed by atoms with Crippen LogP contribution in [0.2, 0.25) is 0 Å². The van der Waals surface area contributed by atoms with Crippen LogP contribution < -0.4 is 5.32 Å². The molecule has 0 radical (unpaired) electrons. The van der Waals surface area contributed by atoms with Crippen LogP contribution in [0.15, 0.2) is 18.2 Å². The number of hydrogen-bond acceptors (Lipinski definition) is 1. The zero-order valence-electron chi connectivity index (χ0n) is 9.69. The predicted molar refractivity (Wildman–Crippen MR) is 61.4 cm³/mol. The molecule has 0 aliphatic heterocycles. The maximum atomic E-state index is 13.5. The number of benzene rings is 1. The van der Waals surface area contributed by atoms with E-state index in [0.29, 0.717) is 5.69 Å². The van der Waals surface area contributed by atoms with Gasteiger partial charge in [0.25, 0.3) is 0 Å². The Morgan fingerprint density at radius 1 is 1.31 bits per heavy atom. The van der Waals surface area contributed by atoms with E-state index in [1.54, 1.807) is 0 Å². The zero-order chi connectivity index (χ0) is 11.8. The molecule has 0 spiro atoms. The van der Waals surface area contributed by atoms with Gasteiger partial charge in [-0.15, -0.1) is 0 Å². The molecule has 2 rings (SSSR count). The molecule has 1 aromatic carbocycles. The molecule has 0 amide bonds. The third-order valence-corrected chi connectivity index (χ3v) is 3.52. The molecule has 0 bridgehead atoms. The van der Waals surface area contributed by atoms with Crippen molar-refractivity contribution in [3.63, 3.8) is 0 Å². The van der Waals surface area contributed by atoms with Gasteiger partial charge in [-0.05, 0) is 30.4 Å². The fourth-order valence-corrected chi connectivity index (χ4v) is 2.39. The lowest BCUT2D eigenvalue weighted by molar-refractivity contribution is 0.349. The smallest absolute Gasteiger partial charge is 0.149 e. The Bertz CT molecular complexity index is 388. The summed E-state index contributed by atoms with van der Waals surface area (Å²) in [5, 5.41) is 3.18. The van der Waals surface area contributed by atoms with Crippen LogP contribution in [0.1, 0.15) is 33.1 Å². The molecular formula is C13H17F2N. The van der Waals surface area contributed by atoms with Crippen molar-refractivity contribution in [2.24, 2.45) is 5.41 Å². The molecule has 1 fully saturated rings. The normalized spacial score (nSPS) is 23.4.